The van der Waals surface area contributed by atoms with Crippen LogP contribution in [0.4, 0.5) is 0 Å². The summed E-state index contributed by atoms with van der Waals surface area (Å²) in [6.07, 6.45) is 3.87. The molecule has 2 N–H and O–H groups in total. The normalized spacial score (nSPS) is 19.1. The second-order valence-corrected chi connectivity index (χ2v) is 5.00. The van der Waals surface area contributed by atoms with Gasteiger partial charge in [0, 0.05) is 17.5 Å². The molecule has 0 fully saturated rings. The monoisotopic (exact) mass is 235 g/mol. The van der Waals surface area contributed by atoms with E-state index >= 15 is 0 Å². The van der Waals surface area contributed by atoms with Crippen LogP contribution in [0.25, 0.3) is 0 Å². The number of aromatic carboxylic acids is 1. The first-order valence-electron chi connectivity index (χ1n) is 5.93. The van der Waals surface area contributed by atoms with Crippen LogP contribution in [-0.4, -0.2) is 21.2 Å². The number of carbonyl (C=O) groups is 1. The third-order valence-electron chi connectivity index (χ3n) is 3.63. The van der Waals surface area contributed by atoms with Crippen molar-refractivity contribution >= 4 is 5.97 Å². The quantitative estimate of drug-likeness (QED) is 0.824. The zero-order chi connectivity index (χ0) is 12.6. The number of hydrogen-bond acceptors (Lipinski definition) is 3. The highest BCUT2D eigenvalue weighted by atomic mass is 16.4. The van der Waals surface area contributed by atoms with Crippen molar-refractivity contribution in [3.8, 4) is 5.75 Å². The summed E-state index contributed by atoms with van der Waals surface area (Å²) in [4.78, 5) is 15.1. The average molecular weight is 235 g/mol. The summed E-state index contributed by atoms with van der Waals surface area (Å²) < 4.78 is 0. The van der Waals surface area contributed by atoms with Gasteiger partial charge in [-0.05, 0) is 31.1 Å². The van der Waals surface area contributed by atoms with Gasteiger partial charge >= 0.3 is 5.97 Å². The van der Waals surface area contributed by atoms with Crippen molar-refractivity contribution < 1.29 is 15.0 Å². The third-order valence-corrected chi connectivity index (χ3v) is 3.63. The Morgan fingerprint density at radius 2 is 2.24 bits per heavy atom. The molecule has 0 bridgehead atoms. The van der Waals surface area contributed by atoms with Gasteiger partial charge in [0.1, 0.15) is 11.3 Å². The Labute approximate surface area is 100 Å². The Bertz CT molecular complexity index is 454. The number of aromatic hydroxyl groups is 1. The van der Waals surface area contributed by atoms with Crippen LogP contribution in [0.1, 0.15) is 41.9 Å². The predicted octanol–water partition coefficient (Wildman–Crippen LogP) is 2.25. The Morgan fingerprint density at radius 1 is 1.53 bits per heavy atom. The van der Waals surface area contributed by atoms with E-state index < -0.39 is 5.97 Å². The van der Waals surface area contributed by atoms with Crippen molar-refractivity contribution in [2.75, 3.05) is 0 Å². The second kappa shape index (κ2) is 4.35. The van der Waals surface area contributed by atoms with Crippen LogP contribution in [0.2, 0.25) is 0 Å². The van der Waals surface area contributed by atoms with E-state index in [0.717, 1.165) is 30.5 Å². The molecule has 0 aromatic carbocycles. The zero-order valence-electron chi connectivity index (χ0n) is 10.1. The Balaban J connectivity index is 2.41. The van der Waals surface area contributed by atoms with E-state index in [0.29, 0.717) is 11.8 Å². The molecule has 0 saturated heterocycles. The van der Waals surface area contributed by atoms with Gasteiger partial charge in [-0.3, -0.25) is 4.98 Å². The number of pyridine rings is 1. The lowest BCUT2D eigenvalue weighted by Gasteiger charge is -2.27. The summed E-state index contributed by atoms with van der Waals surface area (Å²) in [5.74, 6) is -0.174. The van der Waals surface area contributed by atoms with Gasteiger partial charge in [-0.2, -0.15) is 0 Å². The van der Waals surface area contributed by atoms with E-state index in [-0.39, 0.29) is 11.3 Å². The maximum Gasteiger partial charge on any atom is 0.341 e. The molecule has 1 heterocycles. The van der Waals surface area contributed by atoms with Gasteiger partial charge in [-0.25, -0.2) is 4.79 Å². The fourth-order valence-electron chi connectivity index (χ4n) is 2.42. The number of carboxylic acid groups (broad SMARTS) is 1. The molecule has 0 saturated carbocycles. The van der Waals surface area contributed by atoms with E-state index in [1.54, 1.807) is 0 Å². The van der Waals surface area contributed by atoms with Crippen LogP contribution < -0.4 is 0 Å². The highest BCUT2D eigenvalue weighted by Crippen LogP contribution is 2.35. The Kier molecular flexibility index (Phi) is 3.05. The fraction of sp³-hybridized carbons (Fsp3) is 0.538. The van der Waals surface area contributed by atoms with Crippen LogP contribution in [0, 0.1) is 11.8 Å². The predicted molar refractivity (Wildman–Crippen MR) is 63.2 cm³/mol. The minimum absolute atomic E-state index is 0.0897. The Morgan fingerprint density at radius 3 is 2.82 bits per heavy atom. The molecule has 1 unspecified atom stereocenters. The van der Waals surface area contributed by atoms with Crippen molar-refractivity contribution in [1.82, 2.24) is 4.98 Å². The van der Waals surface area contributed by atoms with Crippen molar-refractivity contribution in [2.24, 2.45) is 11.8 Å². The van der Waals surface area contributed by atoms with E-state index in [4.69, 9.17) is 5.11 Å². The third kappa shape index (κ3) is 2.12. The molecule has 4 nitrogen and oxygen atoms in total. The number of nitrogens with zero attached hydrogens (tertiary/aromatic N) is 1. The van der Waals surface area contributed by atoms with Gasteiger partial charge in [0.25, 0.3) is 0 Å². The second-order valence-electron chi connectivity index (χ2n) is 5.00. The molecule has 1 aromatic heterocycles. The van der Waals surface area contributed by atoms with Gasteiger partial charge in [0.15, 0.2) is 0 Å². The van der Waals surface area contributed by atoms with Crippen LogP contribution in [0.5, 0.6) is 5.75 Å². The van der Waals surface area contributed by atoms with Gasteiger partial charge in [-0.15, -0.1) is 0 Å². The van der Waals surface area contributed by atoms with E-state index in [2.05, 4.69) is 18.8 Å². The molecule has 2 rings (SSSR count). The molecule has 0 aliphatic heterocycles. The number of fused-ring (bicyclic) bond motifs is 1. The summed E-state index contributed by atoms with van der Waals surface area (Å²) >= 11 is 0. The Hall–Kier alpha value is -1.58. The molecule has 0 amide bonds. The van der Waals surface area contributed by atoms with Gasteiger partial charge in [0.05, 0.1) is 0 Å². The number of carboxylic acids is 1. The largest absolute Gasteiger partial charge is 0.507 e. The molecule has 0 radical (unpaired) electrons. The highest BCUT2D eigenvalue weighted by Gasteiger charge is 2.26. The molecule has 17 heavy (non-hydrogen) atoms. The maximum atomic E-state index is 10.9. The molecule has 1 aliphatic carbocycles. The SMILES string of the molecule is CC(C)C1CCc2ncc(C(=O)O)c(O)c2C1. The lowest BCUT2D eigenvalue weighted by atomic mass is 9.79. The number of rotatable bonds is 2. The fourth-order valence-corrected chi connectivity index (χ4v) is 2.42. The summed E-state index contributed by atoms with van der Waals surface area (Å²) in [5.41, 5.74) is 1.49. The number of aromatic nitrogens is 1. The summed E-state index contributed by atoms with van der Waals surface area (Å²) in [7, 11) is 0. The van der Waals surface area contributed by atoms with Crippen LogP contribution in [-0.2, 0) is 12.8 Å². The molecule has 1 aliphatic rings. The maximum absolute atomic E-state index is 10.9. The first-order chi connectivity index (χ1) is 8.00. The first kappa shape index (κ1) is 11.9. The molecule has 92 valence electrons. The summed E-state index contributed by atoms with van der Waals surface area (Å²) in [5, 5.41) is 18.9. The van der Waals surface area contributed by atoms with Gasteiger partial charge in [0.2, 0.25) is 0 Å². The summed E-state index contributed by atoms with van der Waals surface area (Å²) in [6, 6.07) is 0. The molecule has 0 spiro atoms. The lowest BCUT2D eigenvalue weighted by Crippen LogP contribution is -2.21. The van der Waals surface area contributed by atoms with Crippen molar-refractivity contribution in [3.63, 3.8) is 0 Å². The van der Waals surface area contributed by atoms with Gasteiger partial charge in [-0.1, -0.05) is 13.8 Å². The van der Waals surface area contributed by atoms with E-state index in [1.807, 2.05) is 0 Å². The van der Waals surface area contributed by atoms with Gasteiger partial charge < -0.3 is 10.2 Å². The smallest absolute Gasteiger partial charge is 0.341 e. The lowest BCUT2D eigenvalue weighted by molar-refractivity contribution is 0.0693. The highest BCUT2D eigenvalue weighted by molar-refractivity contribution is 5.91. The number of hydrogen-bond donors (Lipinski definition) is 2. The first-order valence-corrected chi connectivity index (χ1v) is 5.93. The zero-order valence-corrected chi connectivity index (χ0v) is 10.1. The van der Waals surface area contributed by atoms with E-state index in [9.17, 15) is 9.90 Å². The number of aryl methyl sites for hydroxylation is 1. The minimum atomic E-state index is -1.12. The van der Waals surface area contributed by atoms with Crippen molar-refractivity contribution in [2.45, 2.75) is 33.1 Å². The van der Waals surface area contributed by atoms with Crippen molar-refractivity contribution in [1.29, 1.82) is 0 Å². The minimum Gasteiger partial charge on any atom is -0.507 e. The summed E-state index contributed by atoms with van der Waals surface area (Å²) in [6.45, 7) is 4.31. The average Bonchev–Trinajstić information content (AvgIpc) is 2.28. The topological polar surface area (TPSA) is 70.4 Å². The standard InChI is InChI=1S/C13H17NO3/c1-7(2)8-3-4-11-9(5-8)12(15)10(6-14-11)13(16)17/h6-8H,3-5H2,1-2H3,(H,14,15)(H,16,17). The molecule has 1 aromatic rings. The van der Waals surface area contributed by atoms with Crippen LogP contribution in [0.3, 0.4) is 0 Å². The van der Waals surface area contributed by atoms with Crippen LogP contribution in [0.15, 0.2) is 6.20 Å². The van der Waals surface area contributed by atoms with E-state index in [1.165, 1.54) is 6.20 Å². The molecular formula is C13H17NO3. The molecule has 4 heteroatoms. The molecular weight excluding hydrogens is 218 g/mol. The molecule has 1 atom stereocenters. The van der Waals surface area contributed by atoms with Crippen molar-refractivity contribution in [3.05, 3.63) is 23.0 Å². The van der Waals surface area contributed by atoms with Crippen LogP contribution >= 0.6 is 0 Å².